The van der Waals surface area contributed by atoms with Crippen molar-refractivity contribution in [2.45, 2.75) is 0 Å². The average molecular weight is 263 g/mol. The Labute approximate surface area is 112 Å². The van der Waals surface area contributed by atoms with Gasteiger partial charge in [-0.1, -0.05) is 18.2 Å². The molecule has 0 saturated heterocycles. The molecular weight excluding hydrogens is 254 g/mol. The number of hydrogen-bond acceptors (Lipinski definition) is 4. The molecule has 3 heterocycles. The molecule has 0 saturated carbocycles. The summed E-state index contributed by atoms with van der Waals surface area (Å²) in [6, 6.07) is 9.37. The topological polar surface area (TPSA) is 87.3 Å². The van der Waals surface area contributed by atoms with Crippen LogP contribution in [0.4, 0.5) is 0 Å². The molecule has 1 aromatic carbocycles. The van der Waals surface area contributed by atoms with Gasteiger partial charge in [-0.3, -0.25) is 0 Å². The molecule has 6 nitrogen and oxygen atoms in total. The zero-order chi connectivity index (χ0) is 13.5. The fraction of sp³-hybridized carbons (Fsp3) is 0. The number of H-pyrrole nitrogens is 2. The Kier molecular flexibility index (Phi) is 2.17. The van der Waals surface area contributed by atoms with Gasteiger partial charge in [-0.25, -0.2) is 19.7 Å². The number of para-hydroxylation sites is 1. The zero-order valence-electron chi connectivity index (χ0n) is 10.3. The molecule has 0 fully saturated rings. The summed E-state index contributed by atoms with van der Waals surface area (Å²) < 4.78 is 0. The van der Waals surface area contributed by atoms with E-state index < -0.39 is 0 Å². The maximum absolute atomic E-state index is 11.6. The fourth-order valence-corrected chi connectivity index (χ4v) is 2.30. The Morgan fingerprint density at radius 1 is 0.900 bits per heavy atom. The van der Waals surface area contributed by atoms with Crippen LogP contribution in [-0.4, -0.2) is 24.9 Å². The smallest absolute Gasteiger partial charge is 0.305 e. The number of benzene rings is 1. The van der Waals surface area contributed by atoms with Gasteiger partial charge in [0.2, 0.25) is 0 Å². The number of aromatic amines is 2. The maximum atomic E-state index is 11.6. The second-order valence-electron chi connectivity index (χ2n) is 4.38. The number of imidazole rings is 1. The molecule has 4 rings (SSSR count). The Hall–Kier alpha value is -3.02. The zero-order valence-corrected chi connectivity index (χ0v) is 10.3. The molecule has 0 aliphatic carbocycles. The van der Waals surface area contributed by atoms with Crippen molar-refractivity contribution in [3.63, 3.8) is 0 Å². The van der Waals surface area contributed by atoms with E-state index >= 15 is 0 Å². The lowest BCUT2D eigenvalue weighted by molar-refractivity contribution is 1.15. The highest BCUT2D eigenvalue weighted by molar-refractivity contribution is 6.06. The average Bonchev–Trinajstić information content (AvgIpc) is 2.89. The maximum Gasteiger partial charge on any atom is 0.323 e. The van der Waals surface area contributed by atoms with E-state index in [1.54, 1.807) is 18.5 Å². The van der Waals surface area contributed by atoms with Crippen LogP contribution in [0.2, 0.25) is 0 Å². The van der Waals surface area contributed by atoms with Crippen LogP contribution in [0, 0.1) is 0 Å². The molecule has 0 radical (unpaired) electrons. The molecule has 0 spiro atoms. The van der Waals surface area contributed by atoms with Crippen molar-refractivity contribution in [2.75, 3.05) is 0 Å². The molecule has 0 unspecified atom stereocenters. The number of pyridine rings is 1. The number of rotatable bonds is 1. The quantitative estimate of drug-likeness (QED) is 0.548. The largest absolute Gasteiger partial charge is 0.323 e. The highest BCUT2D eigenvalue weighted by Gasteiger charge is 2.14. The van der Waals surface area contributed by atoms with Crippen LogP contribution in [-0.2, 0) is 0 Å². The summed E-state index contributed by atoms with van der Waals surface area (Å²) >= 11 is 0. The Balaban J connectivity index is 2.21. The summed E-state index contributed by atoms with van der Waals surface area (Å²) in [5.41, 5.74) is 2.44. The molecule has 3 aromatic heterocycles. The Bertz CT molecular complexity index is 971. The molecule has 0 amide bonds. The van der Waals surface area contributed by atoms with Crippen LogP contribution in [0.25, 0.3) is 33.5 Å². The number of nitrogens with one attached hydrogen (secondary N) is 2. The van der Waals surface area contributed by atoms with Gasteiger partial charge in [-0.05, 0) is 12.1 Å². The number of fused-ring (bicyclic) bond motifs is 3. The number of hydrogen-bond donors (Lipinski definition) is 2. The first-order valence-corrected chi connectivity index (χ1v) is 6.11. The minimum absolute atomic E-state index is 0.268. The van der Waals surface area contributed by atoms with Gasteiger partial charge in [0.05, 0.1) is 16.6 Å². The third-order valence-electron chi connectivity index (χ3n) is 3.15. The summed E-state index contributed by atoms with van der Waals surface area (Å²) in [5.74, 6) is 0.485. The van der Waals surface area contributed by atoms with E-state index in [0.717, 1.165) is 16.4 Å². The van der Waals surface area contributed by atoms with Crippen LogP contribution in [0.1, 0.15) is 0 Å². The van der Waals surface area contributed by atoms with Crippen LogP contribution in [0.5, 0.6) is 0 Å². The Morgan fingerprint density at radius 3 is 2.50 bits per heavy atom. The monoisotopic (exact) mass is 263 g/mol. The van der Waals surface area contributed by atoms with Gasteiger partial charge in [0.15, 0.2) is 5.82 Å². The lowest BCUT2D eigenvalue weighted by atomic mass is 10.1. The van der Waals surface area contributed by atoms with Gasteiger partial charge in [0.1, 0.15) is 5.69 Å². The van der Waals surface area contributed by atoms with Gasteiger partial charge in [0, 0.05) is 17.8 Å². The second kappa shape index (κ2) is 3.99. The van der Waals surface area contributed by atoms with Crippen molar-refractivity contribution in [3.05, 3.63) is 53.2 Å². The molecule has 0 bridgehead atoms. The van der Waals surface area contributed by atoms with E-state index in [-0.39, 0.29) is 5.69 Å². The van der Waals surface area contributed by atoms with Crippen molar-refractivity contribution >= 4 is 21.9 Å². The van der Waals surface area contributed by atoms with Crippen molar-refractivity contribution in [2.24, 2.45) is 0 Å². The highest BCUT2D eigenvalue weighted by atomic mass is 16.1. The van der Waals surface area contributed by atoms with E-state index in [1.807, 2.05) is 24.3 Å². The lowest BCUT2D eigenvalue weighted by Crippen LogP contribution is -1.99. The second-order valence-corrected chi connectivity index (χ2v) is 4.38. The predicted molar refractivity (Wildman–Crippen MR) is 75.2 cm³/mol. The van der Waals surface area contributed by atoms with E-state index in [1.165, 1.54) is 0 Å². The third kappa shape index (κ3) is 1.51. The van der Waals surface area contributed by atoms with Crippen LogP contribution >= 0.6 is 0 Å². The summed E-state index contributed by atoms with van der Waals surface area (Å²) in [4.78, 5) is 30.2. The molecule has 96 valence electrons. The first-order chi connectivity index (χ1) is 9.83. The van der Waals surface area contributed by atoms with Crippen molar-refractivity contribution in [3.8, 4) is 11.5 Å². The van der Waals surface area contributed by atoms with E-state index in [2.05, 4.69) is 24.9 Å². The summed E-state index contributed by atoms with van der Waals surface area (Å²) in [5, 5.41) is 0.889. The molecule has 0 aliphatic heterocycles. The van der Waals surface area contributed by atoms with Crippen molar-refractivity contribution in [1.29, 1.82) is 0 Å². The van der Waals surface area contributed by atoms with Crippen LogP contribution in [0.3, 0.4) is 0 Å². The van der Waals surface area contributed by atoms with E-state index in [9.17, 15) is 4.79 Å². The third-order valence-corrected chi connectivity index (χ3v) is 3.15. The first-order valence-electron chi connectivity index (χ1n) is 6.11. The van der Waals surface area contributed by atoms with Gasteiger partial charge in [0.25, 0.3) is 0 Å². The van der Waals surface area contributed by atoms with Gasteiger partial charge in [-0.2, -0.15) is 0 Å². The van der Waals surface area contributed by atoms with Crippen LogP contribution in [0.15, 0.2) is 47.5 Å². The fourth-order valence-electron chi connectivity index (χ4n) is 2.30. The standard InChI is InChI=1S/C14H9N5O/c20-14-18-10-8-4-1-2-5-9(8)17-12(11(10)19-14)13-15-6-3-7-16-13/h1-7H,(H2,18,19,20). The summed E-state index contributed by atoms with van der Waals surface area (Å²) in [7, 11) is 0. The van der Waals surface area contributed by atoms with Gasteiger partial charge < -0.3 is 9.97 Å². The molecule has 0 aliphatic rings. The number of aromatic nitrogens is 5. The molecule has 20 heavy (non-hydrogen) atoms. The minimum atomic E-state index is -0.268. The summed E-state index contributed by atoms with van der Waals surface area (Å²) in [6.07, 6.45) is 3.30. The molecule has 6 heteroatoms. The normalized spacial score (nSPS) is 11.2. The van der Waals surface area contributed by atoms with E-state index in [4.69, 9.17) is 0 Å². The highest BCUT2D eigenvalue weighted by Crippen LogP contribution is 2.27. The molecular formula is C14H9N5O. The van der Waals surface area contributed by atoms with Gasteiger partial charge >= 0.3 is 5.69 Å². The molecule has 0 atom stereocenters. The SMILES string of the molecule is O=c1[nH]c2c(-c3ncccn3)nc3ccccc3c2[nH]1. The van der Waals surface area contributed by atoms with Gasteiger partial charge in [-0.15, -0.1) is 0 Å². The molecule has 4 aromatic rings. The van der Waals surface area contributed by atoms with E-state index in [0.29, 0.717) is 17.0 Å². The van der Waals surface area contributed by atoms with Crippen molar-refractivity contribution < 1.29 is 0 Å². The minimum Gasteiger partial charge on any atom is -0.305 e. The molecule has 2 N–H and O–H groups in total. The van der Waals surface area contributed by atoms with Crippen molar-refractivity contribution in [1.82, 2.24) is 24.9 Å². The van der Waals surface area contributed by atoms with Crippen LogP contribution < -0.4 is 5.69 Å². The lowest BCUT2D eigenvalue weighted by Gasteiger charge is -2.04. The Morgan fingerprint density at radius 2 is 1.65 bits per heavy atom. The first kappa shape index (κ1) is 10.9. The number of nitrogens with zero attached hydrogens (tertiary/aromatic N) is 3. The predicted octanol–water partition coefficient (Wildman–Crippen LogP) is 1.86. The summed E-state index contributed by atoms with van der Waals surface area (Å²) in [6.45, 7) is 0.